The Morgan fingerprint density at radius 1 is 0.969 bits per heavy atom. The Hall–Kier alpha value is -3.02. The minimum Gasteiger partial charge on any atom is -0.355 e. The molecule has 0 aliphatic rings. The molecular weight excluding hydrogens is 414 g/mol. The number of nitrogens with two attached hydrogens (primary N) is 1. The fraction of sp³-hybridized carbons (Fsp3) is 0.259. The van der Waals surface area contributed by atoms with E-state index in [0.29, 0.717) is 19.5 Å². The molecule has 0 spiro atoms. The van der Waals surface area contributed by atoms with E-state index in [0.717, 1.165) is 25.8 Å². The number of unbranched alkanes of at least 4 members (excludes halogenated alkanes) is 2. The highest BCUT2D eigenvalue weighted by molar-refractivity contribution is 7.17. The number of aromatic nitrogens is 1. The molecule has 0 aliphatic carbocycles. The third-order valence-electron chi connectivity index (χ3n) is 5.67. The van der Waals surface area contributed by atoms with Gasteiger partial charge >= 0.3 is 0 Å². The fourth-order valence-corrected chi connectivity index (χ4v) is 4.94. The van der Waals surface area contributed by atoms with Crippen LogP contribution in [0.15, 0.2) is 66.0 Å². The molecule has 4 aromatic rings. The molecule has 2 aromatic heterocycles. The summed E-state index contributed by atoms with van der Waals surface area (Å²) in [5.74, 6) is 0.0971. The number of benzene rings is 2. The van der Waals surface area contributed by atoms with Gasteiger partial charge in [0, 0.05) is 54.2 Å². The lowest BCUT2D eigenvalue weighted by atomic mass is 10.1. The average molecular weight is 445 g/mol. The molecule has 4 rings (SSSR count). The second-order valence-electron chi connectivity index (χ2n) is 7.94. The molecule has 0 atom stereocenters. The Morgan fingerprint density at radius 3 is 2.72 bits per heavy atom. The van der Waals surface area contributed by atoms with Gasteiger partial charge in [0.05, 0.1) is 0 Å². The van der Waals surface area contributed by atoms with Crippen LogP contribution in [0.1, 0.15) is 36.9 Å². The molecular formula is C27H30N3OS+. The van der Waals surface area contributed by atoms with Gasteiger partial charge in [0.2, 0.25) is 17.1 Å². The normalized spacial score (nSPS) is 11.5. The summed E-state index contributed by atoms with van der Waals surface area (Å²) in [6.07, 6.45) is 7.96. The number of amides is 1. The number of nitrogens with one attached hydrogen (secondary N) is 1. The Bertz CT molecular complexity index is 1230. The maximum Gasteiger partial charge on any atom is 0.220 e. The predicted octanol–water partition coefficient (Wildman–Crippen LogP) is 5.15. The summed E-state index contributed by atoms with van der Waals surface area (Å²) >= 11 is 1.78. The van der Waals surface area contributed by atoms with Crippen molar-refractivity contribution in [3.8, 4) is 0 Å². The largest absolute Gasteiger partial charge is 0.355 e. The van der Waals surface area contributed by atoms with Crippen molar-refractivity contribution in [1.82, 2.24) is 5.32 Å². The van der Waals surface area contributed by atoms with Crippen LogP contribution in [0.25, 0.3) is 33.1 Å². The van der Waals surface area contributed by atoms with Crippen molar-refractivity contribution in [2.24, 2.45) is 5.73 Å². The molecule has 0 aliphatic heterocycles. The molecule has 0 bridgehead atoms. The van der Waals surface area contributed by atoms with Gasteiger partial charge in [-0.05, 0) is 53.4 Å². The number of nitrogens with zero attached hydrogens (tertiary/aromatic N) is 1. The van der Waals surface area contributed by atoms with Crippen LogP contribution in [0.4, 0.5) is 0 Å². The highest BCUT2D eigenvalue weighted by Gasteiger charge is 2.14. The van der Waals surface area contributed by atoms with E-state index < -0.39 is 0 Å². The van der Waals surface area contributed by atoms with Gasteiger partial charge in [-0.3, -0.25) is 4.79 Å². The van der Waals surface area contributed by atoms with Crippen LogP contribution in [0.2, 0.25) is 0 Å². The van der Waals surface area contributed by atoms with Crippen molar-refractivity contribution in [1.29, 1.82) is 0 Å². The molecule has 2 aromatic carbocycles. The smallest absolute Gasteiger partial charge is 0.220 e. The molecule has 5 heteroatoms. The van der Waals surface area contributed by atoms with Crippen LogP contribution >= 0.6 is 11.3 Å². The molecule has 3 N–H and O–H groups in total. The first-order chi connectivity index (χ1) is 15.8. The van der Waals surface area contributed by atoms with Crippen molar-refractivity contribution < 1.29 is 9.36 Å². The van der Waals surface area contributed by atoms with Crippen molar-refractivity contribution in [3.05, 3.63) is 77.3 Å². The summed E-state index contributed by atoms with van der Waals surface area (Å²) in [4.78, 5) is 11.8. The lowest BCUT2D eigenvalue weighted by Crippen LogP contribution is -2.38. The zero-order valence-corrected chi connectivity index (χ0v) is 19.1. The molecule has 4 nitrogen and oxygen atoms in total. The molecule has 0 saturated carbocycles. The van der Waals surface area contributed by atoms with Crippen LogP contribution in [0, 0.1) is 0 Å². The quantitative estimate of drug-likeness (QED) is 0.263. The Labute approximate surface area is 193 Å². The lowest BCUT2D eigenvalue weighted by molar-refractivity contribution is -0.673. The predicted molar refractivity (Wildman–Crippen MR) is 135 cm³/mol. The molecule has 0 unspecified atom stereocenters. The summed E-state index contributed by atoms with van der Waals surface area (Å²) in [6, 6.07) is 21.5. The summed E-state index contributed by atoms with van der Waals surface area (Å²) in [5.41, 5.74) is 9.13. The molecule has 2 heterocycles. The van der Waals surface area contributed by atoms with Crippen LogP contribution < -0.4 is 15.6 Å². The summed E-state index contributed by atoms with van der Waals surface area (Å²) in [6.45, 7) is 1.97. The van der Waals surface area contributed by atoms with E-state index in [1.54, 1.807) is 11.3 Å². The van der Waals surface area contributed by atoms with E-state index in [-0.39, 0.29) is 5.91 Å². The number of para-hydroxylation sites is 1. The van der Waals surface area contributed by atoms with E-state index >= 15 is 0 Å². The number of hydrogen-bond donors (Lipinski definition) is 2. The third kappa shape index (κ3) is 5.42. The molecule has 0 radical (unpaired) electrons. The van der Waals surface area contributed by atoms with Gasteiger partial charge in [-0.15, -0.1) is 11.3 Å². The van der Waals surface area contributed by atoms with E-state index in [2.05, 4.69) is 88.1 Å². The lowest BCUT2D eigenvalue weighted by Gasteiger charge is -2.06. The number of aryl methyl sites for hydroxylation is 1. The van der Waals surface area contributed by atoms with Crippen molar-refractivity contribution in [3.63, 3.8) is 0 Å². The number of pyridine rings is 1. The van der Waals surface area contributed by atoms with Crippen LogP contribution in [-0.2, 0) is 11.3 Å². The first kappa shape index (κ1) is 22.2. The zero-order chi connectivity index (χ0) is 22.2. The third-order valence-corrected chi connectivity index (χ3v) is 6.65. The number of carbonyl (C=O) groups is 1. The number of rotatable bonds is 10. The van der Waals surface area contributed by atoms with Crippen LogP contribution in [0.3, 0.4) is 0 Å². The molecule has 0 fully saturated rings. The van der Waals surface area contributed by atoms with Gasteiger partial charge in [-0.2, -0.15) is 4.57 Å². The van der Waals surface area contributed by atoms with Gasteiger partial charge < -0.3 is 11.1 Å². The van der Waals surface area contributed by atoms with Gasteiger partial charge in [0.1, 0.15) is 6.54 Å². The van der Waals surface area contributed by atoms with Gasteiger partial charge in [0.15, 0.2) is 0 Å². The summed E-state index contributed by atoms with van der Waals surface area (Å²) < 4.78 is 3.71. The van der Waals surface area contributed by atoms with E-state index in [9.17, 15) is 4.79 Å². The fourth-order valence-electron chi connectivity index (χ4n) is 4.01. The standard InChI is InChI=1S/C27H29N3OS/c28-17-18-29-27(31)12-2-1-7-19-30-23(15-13-21-8-3-5-10-25(21)30)16-14-22-20-32-26-11-6-4-9-24(22)26/h3-6,8-11,13-16,20H,1-2,7,12,17-19,28H2/p+1/b16-14+. The van der Waals surface area contributed by atoms with E-state index in [4.69, 9.17) is 5.73 Å². The minimum atomic E-state index is 0.0971. The van der Waals surface area contributed by atoms with Crippen molar-refractivity contribution in [2.75, 3.05) is 13.1 Å². The monoisotopic (exact) mass is 444 g/mol. The van der Waals surface area contributed by atoms with Crippen molar-refractivity contribution in [2.45, 2.75) is 32.2 Å². The molecule has 32 heavy (non-hydrogen) atoms. The SMILES string of the molecule is NCCNC(=O)CCCCC[n+]1c(/C=C/c2csc3ccccc23)ccc2ccccc21. The van der Waals surface area contributed by atoms with Crippen LogP contribution in [0.5, 0.6) is 0 Å². The second-order valence-corrected chi connectivity index (χ2v) is 8.85. The summed E-state index contributed by atoms with van der Waals surface area (Å²) in [7, 11) is 0. The zero-order valence-electron chi connectivity index (χ0n) is 18.3. The van der Waals surface area contributed by atoms with Gasteiger partial charge in [-0.1, -0.05) is 30.3 Å². The Balaban J connectivity index is 1.49. The highest BCUT2D eigenvalue weighted by Crippen LogP contribution is 2.27. The van der Waals surface area contributed by atoms with Gasteiger partial charge in [-0.25, -0.2) is 0 Å². The molecule has 1 amide bonds. The van der Waals surface area contributed by atoms with E-state index in [1.807, 2.05) is 0 Å². The summed E-state index contributed by atoms with van der Waals surface area (Å²) in [5, 5.41) is 7.61. The molecule has 0 saturated heterocycles. The number of thiophene rings is 1. The second kappa shape index (κ2) is 11.0. The van der Waals surface area contributed by atoms with E-state index in [1.165, 1.54) is 32.2 Å². The topological polar surface area (TPSA) is 59.0 Å². The molecule has 164 valence electrons. The first-order valence-electron chi connectivity index (χ1n) is 11.3. The van der Waals surface area contributed by atoms with Crippen LogP contribution in [-0.4, -0.2) is 19.0 Å². The Morgan fingerprint density at radius 2 is 1.81 bits per heavy atom. The Kier molecular flexibility index (Phi) is 7.64. The maximum atomic E-state index is 11.8. The minimum absolute atomic E-state index is 0.0971. The number of hydrogen-bond acceptors (Lipinski definition) is 3. The van der Waals surface area contributed by atoms with Gasteiger partial charge in [0.25, 0.3) is 0 Å². The van der Waals surface area contributed by atoms with Crippen molar-refractivity contribution >= 4 is 50.4 Å². The average Bonchev–Trinajstić information content (AvgIpc) is 3.24. The number of carbonyl (C=O) groups excluding carboxylic acids is 1. The highest BCUT2D eigenvalue weighted by atomic mass is 32.1. The first-order valence-corrected chi connectivity index (χ1v) is 12.2. The number of fused-ring (bicyclic) bond motifs is 2. The maximum absolute atomic E-state index is 11.8.